The van der Waals surface area contributed by atoms with Crippen molar-refractivity contribution in [2.75, 3.05) is 16.9 Å². The molecule has 2 aromatic heterocycles. The molecule has 0 aliphatic carbocycles. The minimum atomic E-state index is -1.81. The molecule has 258 valence electrons. The van der Waals surface area contributed by atoms with Crippen molar-refractivity contribution < 1.29 is 19.1 Å². The number of nitrogens with zero attached hydrogens (tertiary/aromatic N) is 4. The maximum Gasteiger partial charge on any atom is 0.331 e. The van der Waals surface area contributed by atoms with Crippen molar-refractivity contribution in [2.45, 2.75) is 24.7 Å². The quantitative estimate of drug-likeness (QED) is 0.158. The average Bonchev–Trinajstić information content (AvgIpc) is 3.68. The standard InChI is InChI=1S/C42H35N5O5/c1-52-41(51)42(30-20-10-4-11-21-30)35-33(39(49)47(40(35)50)31-22-12-5-13-23-31)36(44-42)34-37(43-32-24-14-15-25-46(32)38(34)48)45(26-28-16-6-2-7-17-28)27-29-18-8-3-9-19-29/h2-25,33,35-36,44H,26-27H2,1H3/t33-,35-,36+,42-/m0/s1. The van der Waals surface area contributed by atoms with Crippen molar-refractivity contribution >= 4 is 34.9 Å². The van der Waals surface area contributed by atoms with Gasteiger partial charge in [0.2, 0.25) is 11.8 Å². The number of benzene rings is 4. The third-order valence-electron chi connectivity index (χ3n) is 10.1. The first-order valence-corrected chi connectivity index (χ1v) is 17.1. The molecule has 0 unspecified atom stereocenters. The van der Waals surface area contributed by atoms with Crippen LogP contribution in [0, 0.1) is 11.8 Å². The number of anilines is 2. The Bertz CT molecular complexity index is 2290. The van der Waals surface area contributed by atoms with Crippen LogP contribution < -0.4 is 20.7 Å². The predicted octanol–water partition coefficient (Wildman–Crippen LogP) is 5.42. The van der Waals surface area contributed by atoms with Gasteiger partial charge in [0, 0.05) is 19.3 Å². The fourth-order valence-electron chi connectivity index (χ4n) is 7.84. The van der Waals surface area contributed by atoms with E-state index in [1.807, 2.05) is 71.6 Å². The van der Waals surface area contributed by atoms with E-state index in [0.717, 1.165) is 16.0 Å². The predicted molar refractivity (Wildman–Crippen MR) is 196 cm³/mol. The van der Waals surface area contributed by atoms with E-state index in [2.05, 4.69) is 5.32 Å². The van der Waals surface area contributed by atoms with E-state index in [-0.39, 0.29) is 5.56 Å². The van der Waals surface area contributed by atoms with Gasteiger partial charge in [-0.1, -0.05) is 115 Å². The number of pyridine rings is 1. The minimum Gasteiger partial charge on any atom is -0.467 e. The molecule has 2 saturated heterocycles. The number of carbonyl (C=O) groups excluding carboxylic acids is 3. The van der Waals surface area contributed by atoms with Gasteiger partial charge in [0.05, 0.1) is 36.2 Å². The summed E-state index contributed by atoms with van der Waals surface area (Å²) in [6, 6.07) is 41.3. The van der Waals surface area contributed by atoms with E-state index in [4.69, 9.17) is 9.72 Å². The van der Waals surface area contributed by atoms with E-state index in [1.165, 1.54) is 11.5 Å². The summed E-state index contributed by atoms with van der Waals surface area (Å²) in [6.07, 6.45) is 1.63. The zero-order valence-corrected chi connectivity index (χ0v) is 28.3. The number of methoxy groups -OCH3 is 1. The molecule has 52 heavy (non-hydrogen) atoms. The summed E-state index contributed by atoms with van der Waals surface area (Å²) in [5, 5.41) is 3.43. The molecule has 1 N–H and O–H groups in total. The second-order valence-electron chi connectivity index (χ2n) is 13.0. The van der Waals surface area contributed by atoms with E-state index < -0.39 is 46.8 Å². The Hall–Kier alpha value is -6.39. The Labute approximate surface area is 299 Å². The summed E-state index contributed by atoms with van der Waals surface area (Å²) in [6.45, 7) is 0.756. The van der Waals surface area contributed by atoms with Crippen molar-refractivity contribution in [1.82, 2.24) is 14.7 Å². The molecule has 4 aromatic carbocycles. The fourth-order valence-corrected chi connectivity index (χ4v) is 7.84. The van der Waals surface area contributed by atoms with Crippen molar-refractivity contribution in [3.05, 3.63) is 178 Å². The number of nitrogens with one attached hydrogen (secondary N) is 1. The molecule has 0 radical (unpaired) electrons. The minimum absolute atomic E-state index is 0.170. The maximum atomic E-state index is 15.0. The van der Waals surface area contributed by atoms with Crippen LogP contribution in [-0.2, 0) is 37.7 Å². The lowest BCUT2D eigenvalue weighted by molar-refractivity contribution is -0.152. The Balaban J connectivity index is 1.40. The average molecular weight is 690 g/mol. The molecular weight excluding hydrogens is 654 g/mol. The summed E-state index contributed by atoms with van der Waals surface area (Å²) in [7, 11) is 1.26. The first-order chi connectivity index (χ1) is 25.4. The van der Waals surface area contributed by atoms with Crippen LogP contribution in [0.2, 0.25) is 0 Å². The molecule has 0 saturated carbocycles. The normalized spacial score (nSPS) is 20.9. The highest BCUT2D eigenvalue weighted by molar-refractivity contribution is 6.24. The smallest absolute Gasteiger partial charge is 0.331 e. The highest BCUT2D eigenvalue weighted by atomic mass is 16.5. The fraction of sp³-hybridized carbons (Fsp3) is 0.167. The summed E-state index contributed by atoms with van der Waals surface area (Å²) >= 11 is 0. The lowest BCUT2D eigenvalue weighted by Crippen LogP contribution is -2.54. The number of rotatable bonds is 9. The number of hydrogen-bond donors (Lipinski definition) is 1. The Morgan fingerprint density at radius 3 is 1.90 bits per heavy atom. The van der Waals surface area contributed by atoms with Crippen molar-refractivity contribution in [1.29, 1.82) is 0 Å². The molecule has 0 bridgehead atoms. The number of esters is 1. The number of carbonyl (C=O) groups is 3. The van der Waals surface area contributed by atoms with Crippen LogP contribution in [0.4, 0.5) is 11.5 Å². The molecule has 2 aliphatic rings. The van der Waals surface area contributed by atoms with Crippen LogP contribution in [0.1, 0.15) is 28.3 Å². The van der Waals surface area contributed by atoms with E-state index in [1.54, 1.807) is 79.0 Å². The van der Waals surface area contributed by atoms with Gasteiger partial charge in [-0.2, -0.15) is 0 Å². The van der Waals surface area contributed by atoms with E-state index in [0.29, 0.717) is 35.8 Å². The zero-order chi connectivity index (χ0) is 35.8. The molecule has 0 spiro atoms. The molecule has 2 fully saturated rings. The highest BCUT2D eigenvalue weighted by Gasteiger charge is 2.70. The largest absolute Gasteiger partial charge is 0.467 e. The van der Waals surface area contributed by atoms with Gasteiger partial charge in [0.1, 0.15) is 11.5 Å². The summed E-state index contributed by atoms with van der Waals surface area (Å²) in [5.41, 5.74) is 1.12. The van der Waals surface area contributed by atoms with Crippen molar-refractivity contribution in [2.24, 2.45) is 11.8 Å². The maximum absolute atomic E-state index is 15.0. The van der Waals surface area contributed by atoms with Crippen LogP contribution in [0.15, 0.2) is 151 Å². The summed E-state index contributed by atoms with van der Waals surface area (Å²) in [5.74, 6) is -3.91. The number of fused-ring (bicyclic) bond motifs is 2. The van der Waals surface area contributed by atoms with Gasteiger partial charge in [0.25, 0.3) is 5.56 Å². The first-order valence-electron chi connectivity index (χ1n) is 17.1. The number of imide groups is 1. The van der Waals surface area contributed by atoms with Gasteiger partial charge in [-0.3, -0.25) is 24.1 Å². The Morgan fingerprint density at radius 1 is 0.750 bits per heavy atom. The molecule has 4 heterocycles. The molecule has 6 aromatic rings. The zero-order valence-electron chi connectivity index (χ0n) is 28.3. The molecule has 2 amide bonds. The van der Waals surface area contributed by atoms with Crippen LogP contribution in [0.25, 0.3) is 5.65 Å². The number of hydrogen-bond acceptors (Lipinski definition) is 8. The summed E-state index contributed by atoms with van der Waals surface area (Å²) in [4.78, 5) is 67.1. The number of aromatic nitrogens is 2. The first kappa shape index (κ1) is 32.8. The highest BCUT2D eigenvalue weighted by Crippen LogP contribution is 2.54. The van der Waals surface area contributed by atoms with Crippen LogP contribution in [0.5, 0.6) is 0 Å². The number of amides is 2. The number of para-hydroxylation sites is 1. The van der Waals surface area contributed by atoms with Gasteiger partial charge in [-0.25, -0.2) is 14.7 Å². The third kappa shape index (κ3) is 5.35. The lowest BCUT2D eigenvalue weighted by Gasteiger charge is -2.33. The third-order valence-corrected chi connectivity index (χ3v) is 10.1. The topological polar surface area (TPSA) is 113 Å². The summed E-state index contributed by atoms with van der Waals surface area (Å²) < 4.78 is 6.89. The van der Waals surface area contributed by atoms with Crippen LogP contribution in [0.3, 0.4) is 0 Å². The molecule has 8 rings (SSSR count). The van der Waals surface area contributed by atoms with Crippen molar-refractivity contribution in [3.63, 3.8) is 0 Å². The molecule has 10 heteroatoms. The molecular formula is C42H35N5O5. The molecule has 4 atom stereocenters. The van der Waals surface area contributed by atoms with Crippen LogP contribution >= 0.6 is 0 Å². The molecule has 2 aliphatic heterocycles. The van der Waals surface area contributed by atoms with Gasteiger partial charge in [-0.15, -0.1) is 0 Å². The Morgan fingerprint density at radius 2 is 1.31 bits per heavy atom. The second kappa shape index (κ2) is 13.4. The van der Waals surface area contributed by atoms with Gasteiger partial charge < -0.3 is 9.64 Å². The van der Waals surface area contributed by atoms with E-state index in [9.17, 15) is 19.2 Å². The van der Waals surface area contributed by atoms with E-state index >= 15 is 0 Å². The van der Waals surface area contributed by atoms with Gasteiger partial charge >= 0.3 is 5.97 Å². The van der Waals surface area contributed by atoms with Crippen molar-refractivity contribution in [3.8, 4) is 0 Å². The molecule has 10 nitrogen and oxygen atoms in total. The SMILES string of the molecule is COC(=O)[C@@]1(c2ccccc2)N[C@@H](c2c(N(Cc3ccccc3)Cc3ccccc3)nc3ccccn3c2=O)[C@H]2C(=O)N(c3ccccc3)C(=O)[C@H]21. The van der Waals surface area contributed by atoms with Gasteiger partial charge in [-0.05, 0) is 41.0 Å². The second-order valence-corrected chi connectivity index (χ2v) is 13.0. The lowest BCUT2D eigenvalue weighted by atomic mass is 9.75. The van der Waals surface area contributed by atoms with Gasteiger partial charge in [0.15, 0.2) is 5.54 Å². The monoisotopic (exact) mass is 689 g/mol. The van der Waals surface area contributed by atoms with Crippen LogP contribution in [-0.4, -0.2) is 34.3 Å². The number of ether oxygens (including phenoxy) is 1. The Kier molecular flexibility index (Phi) is 8.44.